The Kier molecular flexibility index (Phi) is 5.36. The molecule has 6 nitrogen and oxygen atoms in total. The maximum absolute atomic E-state index is 11.6. The van der Waals surface area contributed by atoms with Crippen molar-refractivity contribution in [3.05, 3.63) is 0 Å². The first-order valence-electron chi connectivity index (χ1n) is 4.71. The number of hydrogen-bond donors (Lipinski definition) is 3. The second kappa shape index (κ2) is 5.55. The van der Waals surface area contributed by atoms with Gasteiger partial charge in [-0.1, -0.05) is 20.3 Å². The van der Waals surface area contributed by atoms with E-state index in [2.05, 4.69) is 0 Å². The van der Waals surface area contributed by atoms with Crippen molar-refractivity contribution < 1.29 is 17.8 Å². The highest BCUT2D eigenvalue weighted by molar-refractivity contribution is 7.87. The van der Waals surface area contributed by atoms with Gasteiger partial charge < -0.3 is 11.5 Å². The number of carbonyl (C=O) groups is 1. The van der Waals surface area contributed by atoms with Crippen LogP contribution in [0.25, 0.3) is 0 Å². The Hall–Kier alpha value is -0.500. The van der Waals surface area contributed by atoms with Crippen molar-refractivity contribution in [3.8, 4) is 0 Å². The molecule has 0 aliphatic carbocycles. The van der Waals surface area contributed by atoms with E-state index < -0.39 is 33.7 Å². The smallest absolute Gasteiger partial charge is 0.276 e. The predicted molar refractivity (Wildman–Crippen MR) is 56.8 cm³/mol. The first kappa shape index (κ1) is 14.5. The number of ketones is 1. The number of hydrogen-bond acceptors (Lipinski definition) is 5. The summed E-state index contributed by atoms with van der Waals surface area (Å²) in [5, 5.41) is -1.61. The van der Waals surface area contributed by atoms with Gasteiger partial charge in [-0.3, -0.25) is 9.35 Å². The molecular weight excluding hydrogens is 220 g/mol. The van der Waals surface area contributed by atoms with Crippen LogP contribution in [0.1, 0.15) is 20.3 Å². The Labute approximate surface area is 89.8 Å². The highest BCUT2D eigenvalue weighted by Gasteiger charge is 2.34. The summed E-state index contributed by atoms with van der Waals surface area (Å²) in [7, 11) is -4.46. The van der Waals surface area contributed by atoms with E-state index in [9.17, 15) is 13.2 Å². The van der Waals surface area contributed by atoms with Crippen molar-refractivity contribution in [2.45, 2.75) is 31.6 Å². The molecule has 3 atom stereocenters. The van der Waals surface area contributed by atoms with E-state index in [1.807, 2.05) is 6.92 Å². The fourth-order valence-corrected chi connectivity index (χ4v) is 1.83. The predicted octanol–water partition coefficient (Wildman–Crippen LogP) is -0.856. The lowest BCUT2D eigenvalue weighted by Gasteiger charge is -2.20. The third kappa shape index (κ3) is 3.86. The molecule has 0 bridgehead atoms. The molecule has 0 aliphatic heterocycles. The standard InChI is InChI=1S/C8H18N2O4S/c1-3-5(2)7(10)8(11)6(4-9)15(12,13)14/h5-7H,3-4,9-10H2,1-2H3,(H,12,13,14). The second-order valence-electron chi connectivity index (χ2n) is 3.55. The minimum absolute atomic E-state index is 0.145. The van der Waals surface area contributed by atoms with Gasteiger partial charge in [-0.25, -0.2) is 0 Å². The van der Waals surface area contributed by atoms with Gasteiger partial charge in [0, 0.05) is 6.54 Å². The monoisotopic (exact) mass is 238 g/mol. The third-order valence-electron chi connectivity index (χ3n) is 2.48. The molecule has 0 saturated heterocycles. The minimum atomic E-state index is -4.46. The summed E-state index contributed by atoms with van der Waals surface area (Å²) in [6.07, 6.45) is 0.648. The maximum Gasteiger partial charge on any atom is 0.276 e. The first-order valence-corrected chi connectivity index (χ1v) is 6.21. The van der Waals surface area contributed by atoms with Crippen LogP contribution < -0.4 is 11.5 Å². The fourth-order valence-electron chi connectivity index (χ4n) is 1.13. The number of rotatable bonds is 6. The van der Waals surface area contributed by atoms with E-state index in [-0.39, 0.29) is 5.92 Å². The van der Waals surface area contributed by atoms with Gasteiger partial charge in [-0.2, -0.15) is 8.42 Å². The van der Waals surface area contributed by atoms with E-state index in [0.29, 0.717) is 6.42 Å². The molecule has 90 valence electrons. The summed E-state index contributed by atoms with van der Waals surface area (Å²) in [5.41, 5.74) is 10.7. The number of Topliss-reactive ketones (excluding diaryl/α,β-unsaturated/α-hetero) is 1. The third-order valence-corrected chi connectivity index (χ3v) is 3.62. The van der Waals surface area contributed by atoms with Crippen LogP contribution in [0.5, 0.6) is 0 Å². The molecule has 0 fully saturated rings. The molecule has 0 heterocycles. The topological polar surface area (TPSA) is 123 Å². The van der Waals surface area contributed by atoms with Gasteiger partial charge in [0.05, 0.1) is 6.04 Å². The zero-order valence-electron chi connectivity index (χ0n) is 8.88. The Balaban J connectivity index is 4.83. The molecule has 0 radical (unpaired) electrons. The highest BCUT2D eigenvalue weighted by atomic mass is 32.2. The van der Waals surface area contributed by atoms with Crippen molar-refractivity contribution in [3.63, 3.8) is 0 Å². The summed E-state index contributed by atoms with van der Waals surface area (Å²) in [6.45, 7) is 3.12. The van der Waals surface area contributed by atoms with Crippen molar-refractivity contribution in [2.75, 3.05) is 6.54 Å². The molecule has 0 aliphatic rings. The zero-order chi connectivity index (χ0) is 12.2. The quantitative estimate of drug-likeness (QED) is 0.517. The van der Waals surface area contributed by atoms with E-state index >= 15 is 0 Å². The zero-order valence-corrected chi connectivity index (χ0v) is 9.70. The molecule has 0 aromatic rings. The van der Waals surface area contributed by atoms with Gasteiger partial charge in [0.15, 0.2) is 11.0 Å². The molecule has 0 saturated carbocycles. The van der Waals surface area contributed by atoms with Crippen LogP contribution in [0, 0.1) is 5.92 Å². The summed E-state index contributed by atoms with van der Waals surface area (Å²) < 4.78 is 30.4. The van der Waals surface area contributed by atoms with Gasteiger partial charge >= 0.3 is 0 Å². The van der Waals surface area contributed by atoms with E-state index in [0.717, 1.165) is 0 Å². The van der Waals surface area contributed by atoms with Crippen LogP contribution in [-0.4, -0.2) is 36.6 Å². The van der Waals surface area contributed by atoms with Crippen molar-refractivity contribution in [1.82, 2.24) is 0 Å². The van der Waals surface area contributed by atoms with Crippen molar-refractivity contribution >= 4 is 15.9 Å². The second-order valence-corrected chi connectivity index (χ2v) is 5.15. The molecule has 0 amide bonds. The van der Waals surface area contributed by atoms with Crippen LogP contribution in [0.4, 0.5) is 0 Å². The van der Waals surface area contributed by atoms with Gasteiger partial charge in [0.1, 0.15) is 0 Å². The van der Waals surface area contributed by atoms with Gasteiger partial charge in [-0.15, -0.1) is 0 Å². The Morgan fingerprint density at radius 3 is 2.20 bits per heavy atom. The normalized spacial score (nSPS) is 18.2. The van der Waals surface area contributed by atoms with Crippen LogP contribution in [-0.2, 0) is 14.9 Å². The Morgan fingerprint density at radius 2 is 1.93 bits per heavy atom. The van der Waals surface area contributed by atoms with Crippen molar-refractivity contribution in [2.24, 2.45) is 17.4 Å². The maximum atomic E-state index is 11.6. The molecule has 0 rings (SSSR count). The van der Waals surface area contributed by atoms with Gasteiger partial charge in [0.2, 0.25) is 0 Å². The number of carbonyl (C=O) groups excluding carboxylic acids is 1. The van der Waals surface area contributed by atoms with E-state index in [1.54, 1.807) is 6.92 Å². The Bertz CT molecular complexity index is 315. The SMILES string of the molecule is CCC(C)C(N)C(=O)C(CN)S(=O)(=O)O. The largest absolute Gasteiger partial charge is 0.329 e. The molecule has 15 heavy (non-hydrogen) atoms. The van der Waals surface area contributed by atoms with Crippen LogP contribution >= 0.6 is 0 Å². The molecule has 7 heteroatoms. The molecule has 5 N–H and O–H groups in total. The lowest BCUT2D eigenvalue weighted by Crippen LogP contribution is -2.48. The Morgan fingerprint density at radius 1 is 1.47 bits per heavy atom. The lowest BCUT2D eigenvalue weighted by molar-refractivity contribution is -0.120. The average molecular weight is 238 g/mol. The molecule has 0 aromatic heterocycles. The van der Waals surface area contributed by atoms with Gasteiger partial charge in [0.25, 0.3) is 10.1 Å². The molecule has 3 unspecified atom stereocenters. The molecular formula is C8H18N2O4S. The average Bonchev–Trinajstić information content (AvgIpc) is 2.14. The van der Waals surface area contributed by atoms with Crippen LogP contribution in [0.3, 0.4) is 0 Å². The molecule has 0 spiro atoms. The first-order chi connectivity index (χ1) is 6.75. The highest BCUT2D eigenvalue weighted by Crippen LogP contribution is 2.11. The minimum Gasteiger partial charge on any atom is -0.329 e. The van der Waals surface area contributed by atoms with Crippen LogP contribution in [0.15, 0.2) is 0 Å². The molecule has 0 aromatic carbocycles. The van der Waals surface area contributed by atoms with Gasteiger partial charge in [-0.05, 0) is 5.92 Å². The van der Waals surface area contributed by atoms with E-state index in [4.69, 9.17) is 16.0 Å². The van der Waals surface area contributed by atoms with Crippen molar-refractivity contribution in [1.29, 1.82) is 0 Å². The fraction of sp³-hybridized carbons (Fsp3) is 0.875. The summed E-state index contributed by atoms with van der Waals surface area (Å²) >= 11 is 0. The van der Waals surface area contributed by atoms with Crippen LogP contribution in [0.2, 0.25) is 0 Å². The van der Waals surface area contributed by atoms with E-state index in [1.165, 1.54) is 0 Å². The summed E-state index contributed by atoms with van der Waals surface area (Å²) in [6, 6.07) is -0.912. The lowest BCUT2D eigenvalue weighted by atomic mass is 9.95. The summed E-state index contributed by atoms with van der Waals surface area (Å²) in [4.78, 5) is 11.6. The summed E-state index contributed by atoms with van der Waals surface area (Å²) in [5.74, 6) is -0.873. The number of nitrogens with two attached hydrogens (primary N) is 2.